The van der Waals surface area contributed by atoms with Crippen molar-refractivity contribution in [3.8, 4) is 33.9 Å². The molecular weight excluding hydrogens is 366 g/mol. The van der Waals surface area contributed by atoms with E-state index in [1.165, 1.54) is 0 Å². The second-order valence-corrected chi connectivity index (χ2v) is 6.61. The standard InChI is InChI=1S/C21H13N7O/c1-2-12(7-22-4-1)16-6-14-17(10-24-16)27-28-20(14)21-25-18-9-23-8-15(19(18)26-21)13-3-5-29-11-13/h1-11H,(H,25,26)(H,27,28). The first-order valence-corrected chi connectivity index (χ1v) is 8.98. The molecule has 0 aliphatic rings. The summed E-state index contributed by atoms with van der Waals surface area (Å²) < 4.78 is 5.21. The Morgan fingerprint density at radius 2 is 1.93 bits per heavy atom. The Hall–Kier alpha value is -4.33. The lowest BCUT2D eigenvalue weighted by Gasteiger charge is -2.00. The van der Waals surface area contributed by atoms with Crippen LogP contribution in [0.4, 0.5) is 0 Å². The zero-order chi connectivity index (χ0) is 19.2. The highest BCUT2D eigenvalue weighted by atomic mass is 16.3. The molecule has 29 heavy (non-hydrogen) atoms. The first-order valence-electron chi connectivity index (χ1n) is 8.98. The molecule has 0 amide bonds. The molecule has 0 spiro atoms. The highest BCUT2D eigenvalue weighted by Crippen LogP contribution is 2.31. The maximum absolute atomic E-state index is 5.21. The van der Waals surface area contributed by atoms with E-state index < -0.39 is 0 Å². The van der Waals surface area contributed by atoms with Crippen LogP contribution in [-0.4, -0.2) is 35.1 Å². The molecule has 0 fully saturated rings. The maximum Gasteiger partial charge on any atom is 0.159 e. The lowest BCUT2D eigenvalue weighted by Crippen LogP contribution is -1.85. The van der Waals surface area contributed by atoms with Gasteiger partial charge in [0.05, 0.1) is 41.6 Å². The van der Waals surface area contributed by atoms with Crippen LogP contribution >= 0.6 is 0 Å². The summed E-state index contributed by atoms with van der Waals surface area (Å²) >= 11 is 0. The maximum atomic E-state index is 5.21. The van der Waals surface area contributed by atoms with Crippen LogP contribution in [0.15, 0.2) is 72.2 Å². The van der Waals surface area contributed by atoms with E-state index in [2.05, 4.69) is 30.1 Å². The Labute approximate surface area is 163 Å². The molecule has 0 unspecified atom stereocenters. The van der Waals surface area contributed by atoms with E-state index in [-0.39, 0.29) is 0 Å². The second-order valence-electron chi connectivity index (χ2n) is 6.61. The molecule has 0 aliphatic heterocycles. The molecule has 0 aromatic carbocycles. The van der Waals surface area contributed by atoms with Gasteiger partial charge in [0.1, 0.15) is 11.2 Å². The zero-order valence-corrected chi connectivity index (χ0v) is 15.0. The third kappa shape index (κ3) is 2.50. The zero-order valence-electron chi connectivity index (χ0n) is 15.0. The van der Waals surface area contributed by atoms with Gasteiger partial charge in [0, 0.05) is 40.7 Å². The number of nitrogens with one attached hydrogen (secondary N) is 2. The number of aromatic nitrogens is 7. The first-order chi connectivity index (χ1) is 14.4. The molecule has 8 nitrogen and oxygen atoms in total. The van der Waals surface area contributed by atoms with Gasteiger partial charge in [-0.15, -0.1) is 0 Å². The molecule has 6 rings (SSSR count). The highest BCUT2D eigenvalue weighted by Gasteiger charge is 2.16. The van der Waals surface area contributed by atoms with Crippen LogP contribution < -0.4 is 0 Å². The van der Waals surface area contributed by atoms with Crippen LogP contribution in [0, 0.1) is 0 Å². The Balaban J connectivity index is 1.53. The van der Waals surface area contributed by atoms with Crippen molar-refractivity contribution < 1.29 is 4.42 Å². The summed E-state index contributed by atoms with van der Waals surface area (Å²) in [5.74, 6) is 0.660. The smallest absolute Gasteiger partial charge is 0.159 e. The Morgan fingerprint density at radius 3 is 2.79 bits per heavy atom. The summed E-state index contributed by atoms with van der Waals surface area (Å²) in [5.41, 5.74) is 6.80. The quantitative estimate of drug-likeness (QED) is 0.476. The third-order valence-electron chi connectivity index (χ3n) is 4.86. The van der Waals surface area contributed by atoms with Crippen molar-refractivity contribution in [2.24, 2.45) is 0 Å². The van der Waals surface area contributed by atoms with E-state index in [1.54, 1.807) is 43.5 Å². The number of pyridine rings is 3. The van der Waals surface area contributed by atoms with Gasteiger partial charge < -0.3 is 9.40 Å². The molecule has 0 atom stereocenters. The fourth-order valence-electron chi connectivity index (χ4n) is 3.44. The summed E-state index contributed by atoms with van der Waals surface area (Å²) in [4.78, 5) is 21.2. The van der Waals surface area contributed by atoms with Crippen molar-refractivity contribution in [2.45, 2.75) is 0 Å². The third-order valence-corrected chi connectivity index (χ3v) is 4.86. The van der Waals surface area contributed by atoms with Crippen molar-refractivity contribution in [3.63, 3.8) is 0 Å². The van der Waals surface area contributed by atoms with Crippen LogP contribution in [-0.2, 0) is 0 Å². The summed E-state index contributed by atoms with van der Waals surface area (Å²) in [7, 11) is 0. The van der Waals surface area contributed by atoms with Crippen LogP contribution in [0.5, 0.6) is 0 Å². The highest BCUT2D eigenvalue weighted by molar-refractivity contribution is 5.97. The molecule has 0 bridgehead atoms. The van der Waals surface area contributed by atoms with E-state index in [0.717, 1.165) is 50.0 Å². The Bertz CT molecular complexity index is 1450. The number of furan rings is 1. The number of hydrogen-bond donors (Lipinski definition) is 2. The number of rotatable bonds is 3. The molecule has 0 saturated carbocycles. The average Bonchev–Trinajstić information content (AvgIpc) is 3.52. The van der Waals surface area contributed by atoms with Gasteiger partial charge in [0.2, 0.25) is 0 Å². The number of imidazole rings is 1. The lowest BCUT2D eigenvalue weighted by atomic mass is 10.1. The molecule has 138 valence electrons. The van der Waals surface area contributed by atoms with Gasteiger partial charge >= 0.3 is 0 Å². The van der Waals surface area contributed by atoms with Crippen molar-refractivity contribution in [1.82, 2.24) is 35.1 Å². The van der Waals surface area contributed by atoms with Crippen LogP contribution in [0.3, 0.4) is 0 Å². The molecule has 6 aromatic rings. The van der Waals surface area contributed by atoms with Crippen LogP contribution in [0.1, 0.15) is 0 Å². The molecule has 2 N–H and O–H groups in total. The van der Waals surface area contributed by atoms with E-state index >= 15 is 0 Å². The van der Waals surface area contributed by atoms with Crippen LogP contribution in [0.25, 0.3) is 55.8 Å². The molecule has 6 aromatic heterocycles. The number of H-pyrrole nitrogens is 2. The fraction of sp³-hybridized carbons (Fsp3) is 0. The van der Waals surface area contributed by atoms with Crippen molar-refractivity contribution in [2.75, 3.05) is 0 Å². The number of aromatic amines is 2. The van der Waals surface area contributed by atoms with Gasteiger partial charge in [0.15, 0.2) is 5.82 Å². The van der Waals surface area contributed by atoms with Crippen LogP contribution in [0.2, 0.25) is 0 Å². The average molecular weight is 379 g/mol. The van der Waals surface area contributed by atoms with E-state index in [0.29, 0.717) is 5.82 Å². The SMILES string of the molecule is c1cncc(-c2cc3c(-c4nc5c(-c6ccoc6)cncc5[nH]4)n[nH]c3cn2)c1. The van der Waals surface area contributed by atoms with Gasteiger partial charge in [-0.25, -0.2) is 4.98 Å². The minimum atomic E-state index is 0.660. The van der Waals surface area contributed by atoms with Gasteiger partial charge in [-0.05, 0) is 24.3 Å². The van der Waals surface area contributed by atoms with Crippen molar-refractivity contribution in [1.29, 1.82) is 0 Å². The predicted molar refractivity (Wildman–Crippen MR) is 108 cm³/mol. The lowest BCUT2D eigenvalue weighted by molar-refractivity contribution is 0.568. The summed E-state index contributed by atoms with van der Waals surface area (Å²) in [5, 5.41) is 8.43. The molecule has 0 saturated heterocycles. The van der Waals surface area contributed by atoms with E-state index in [9.17, 15) is 0 Å². The van der Waals surface area contributed by atoms with Gasteiger partial charge in [-0.2, -0.15) is 5.10 Å². The fourth-order valence-corrected chi connectivity index (χ4v) is 3.44. The summed E-state index contributed by atoms with van der Waals surface area (Å²) in [6.07, 6.45) is 12.2. The minimum Gasteiger partial charge on any atom is -0.472 e. The summed E-state index contributed by atoms with van der Waals surface area (Å²) in [6.45, 7) is 0. The normalized spacial score (nSPS) is 11.4. The van der Waals surface area contributed by atoms with Crippen molar-refractivity contribution >= 4 is 21.9 Å². The minimum absolute atomic E-state index is 0.660. The largest absolute Gasteiger partial charge is 0.472 e. The Kier molecular flexibility index (Phi) is 3.30. The number of fused-ring (bicyclic) bond motifs is 2. The molecule has 8 heteroatoms. The molecule has 0 radical (unpaired) electrons. The topological polar surface area (TPSA) is 109 Å². The molecule has 0 aliphatic carbocycles. The first kappa shape index (κ1) is 15.7. The van der Waals surface area contributed by atoms with Gasteiger partial charge in [-0.3, -0.25) is 20.1 Å². The van der Waals surface area contributed by atoms with Gasteiger partial charge in [0.25, 0.3) is 0 Å². The van der Waals surface area contributed by atoms with Gasteiger partial charge in [-0.1, -0.05) is 0 Å². The monoisotopic (exact) mass is 379 g/mol. The second kappa shape index (κ2) is 6.10. The number of hydrogen-bond acceptors (Lipinski definition) is 6. The van der Waals surface area contributed by atoms with E-state index in [1.807, 2.05) is 24.3 Å². The molecule has 6 heterocycles. The summed E-state index contributed by atoms with van der Waals surface area (Å²) in [6, 6.07) is 7.75. The Morgan fingerprint density at radius 1 is 0.931 bits per heavy atom. The number of nitrogens with zero attached hydrogens (tertiary/aromatic N) is 5. The van der Waals surface area contributed by atoms with Crippen molar-refractivity contribution in [3.05, 3.63) is 67.8 Å². The van der Waals surface area contributed by atoms with E-state index in [4.69, 9.17) is 9.40 Å². The molecular formula is C21H13N7O. The predicted octanol–water partition coefficient (Wildman–Crippen LogP) is 4.22.